The second-order valence-electron chi connectivity index (χ2n) is 6.70. The van der Waals surface area contributed by atoms with Gasteiger partial charge in [-0.1, -0.05) is 76.2 Å². The lowest BCUT2D eigenvalue weighted by Crippen LogP contribution is -2.54. The van der Waals surface area contributed by atoms with Crippen molar-refractivity contribution in [1.29, 1.82) is 5.26 Å². The van der Waals surface area contributed by atoms with Crippen LogP contribution >= 0.6 is 0 Å². The summed E-state index contributed by atoms with van der Waals surface area (Å²) < 4.78 is 5.92. The molecule has 0 aromatic heterocycles. The fourth-order valence-electron chi connectivity index (χ4n) is 2.98. The highest BCUT2D eigenvalue weighted by molar-refractivity contribution is 5.82. The van der Waals surface area contributed by atoms with Gasteiger partial charge in [0, 0.05) is 5.56 Å². The van der Waals surface area contributed by atoms with E-state index in [4.69, 9.17) is 10.00 Å². The number of aliphatic hydroxyl groups is 1. The minimum Gasteiger partial charge on any atom is -0.485 e. The number of aliphatic hydroxyl groups excluding tert-OH is 1. The first-order valence-electron chi connectivity index (χ1n) is 11.0. The molecule has 5 N–H and O–H groups in total. The Hall–Kier alpha value is -3.08. The van der Waals surface area contributed by atoms with Gasteiger partial charge in [-0.25, -0.2) is 4.99 Å². The van der Waals surface area contributed by atoms with Gasteiger partial charge in [-0.2, -0.15) is 5.26 Å². The average molecular weight is 442 g/mol. The van der Waals surface area contributed by atoms with Crippen molar-refractivity contribution in [3.63, 3.8) is 0 Å². The first kappa shape index (κ1) is 28.9. The Balaban J connectivity index is 0.00000148. The van der Waals surface area contributed by atoms with Crippen LogP contribution in [-0.4, -0.2) is 29.8 Å². The third-order valence-corrected chi connectivity index (χ3v) is 4.38. The maximum absolute atomic E-state index is 10.8. The summed E-state index contributed by atoms with van der Waals surface area (Å²) in [6.45, 7) is 12.1. The fraction of sp³-hybridized carbons (Fsp3) is 0.440. The van der Waals surface area contributed by atoms with Crippen LogP contribution in [0.2, 0.25) is 0 Å². The Bertz CT molecular complexity index is 832. The Labute approximate surface area is 193 Å². The SMILES string of the molecule is CC.CC.CC1(C)Oc2ccccc2C(NC(=NCc2ccccc2)NC#N)C1O.CN. The Morgan fingerprint density at radius 2 is 1.62 bits per heavy atom. The smallest absolute Gasteiger partial charge is 0.205 e. The van der Waals surface area contributed by atoms with Crippen molar-refractivity contribution < 1.29 is 9.84 Å². The molecule has 0 aliphatic carbocycles. The molecule has 0 fully saturated rings. The summed E-state index contributed by atoms with van der Waals surface area (Å²) in [5.41, 5.74) is 5.58. The predicted molar refractivity (Wildman–Crippen MR) is 132 cm³/mol. The maximum atomic E-state index is 10.8. The Morgan fingerprint density at radius 3 is 2.22 bits per heavy atom. The summed E-state index contributed by atoms with van der Waals surface area (Å²) in [5.74, 6) is 1.02. The molecular weight excluding hydrogens is 402 g/mol. The topological polar surface area (TPSA) is 116 Å². The van der Waals surface area contributed by atoms with Gasteiger partial charge >= 0.3 is 0 Å². The molecular formula is C25H39N5O2. The van der Waals surface area contributed by atoms with Crippen molar-refractivity contribution in [3.8, 4) is 11.9 Å². The normalized spacial score (nSPS) is 17.7. The number of para-hydroxylation sites is 1. The van der Waals surface area contributed by atoms with Gasteiger partial charge in [-0.3, -0.25) is 5.32 Å². The average Bonchev–Trinajstić information content (AvgIpc) is 2.84. The molecule has 1 heterocycles. The third kappa shape index (κ3) is 8.22. The van der Waals surface area contributed by atoms with E-state index in [-0.39, 0.29) is 0 Å². The summed E-state index contributed by atoms with van der Waals surface area (Å²) in [5, 5.41) is 25.6. The van der Waals surface area contributed by atoms with Crippen molar-refractivity contribution in [3.05, 3.63) is 65.7 Å². The number of rotatable bonds is 3. The number of hydrogen-bond donors (Lipinski definition) is 4. The van der Waals surface area contributed by atoms with Crippen molar-refractivity contribution in [1.82, 2.24) is 10.6 Å². The van der Waals surface area contributed by atoms with E-state index in [1.807, 2.05) is 102 Å². The molecule has 2 atom stereocenters. The third-order valence-electron chi connectivity index (χ3n) is 4.38. The largest absolute Gasteiger partial charge is 0.485 e. The second-order valence-corrected chi connectivity index (χ2v) is 6.70. The van der Waals surface area contributed by atoms with Crippen molar-refractivity contribution in [2.75, 3.05) is 7.05 Å². The standard InChI is InChI=1S/C20H22N4O2.2C2H6.CH5N/c1-20(2)18(25)17(15-10-6-7-11-16(15)26-20)24-19(23-13-21)22-12-14-8-4-3-5-9-14;3*1-2/h3-11,17-18,25H,12H2,1-2H3,(H2,22,23,24);2*1-2H3;2H2,1H3. The monoisotopic (exact) mass is 441 g/mol. The Morgan fingerprint density at radius 1 is 1.06 bits per heavy atom. The van der Waals surface area contributed by atoms with Gasteiger partial charge in [0.25, 0.3) is 0 Å². The molecule has 1 aliphatic rings. The number of fused-ring (bicyclic) bond motifs is 1. The van der Waals surface area contributed by atoms with Gasteiger partial charge in [0.05, 0.1) is 12.6 Å². The van der Waals surface area contributed by atoms with Crippen LogP contribution in [0.15, 0.2) is 59.6 Å². The number of ether oxygens (including phenoxy) is 1. The van der Waals surface area contributed by atoms with Crippen molar-refractivity contribution >= 4 is 5.96 Å². The maximum Gasteiger partial charge on any atom is 0.205 e. The number of hydrogen-bond acceptors (Lipinski definition) is 5. The lowest BCUT2D eigenvalue weighted by atomic mass is 9.86. The molecule has 0 amide bonds. The molecule has 2 aromatic rings. The van der Waals surface area contributed by atoms with Gasteiger partial charge < -0.3 is 20.9 Å². The van der Waals surface area contributed by atoms with E-state index in [1.165, 1.54) is 7.05 Å². The summed E-state index contributed by atoms with van der Waals surface area (Å²) in [6.07, 6.45) is 1.08. The molecule has 32 heavy (non-hydrogen) atoms. The van der Waals surface area contributed by atoms with E-state index < -0.39 is 17.7 Å². The van der Waals surface area contributed by atoms with E-state index in [2.05, 4.69) is 21.4 Å². The van der Waals surface area contributed by atoms with Gasteiger partial charge in [0.2, 0.25) is 5.96 Å². The first-order valence-corrected chi connectivity index (χ1v) is 11.0. The molecule has 3 rings (SSSR count). The van der Waals surface area contributed by atoms with Crippen LogP contribution in [0.1, 0.15) is 58.7 Å². The van der Waals surface area contributed by atoms with E-state index in [1.54, 1.807) is 0 Å². The number of nitrogens with zero attached hydrogens (tertiary/aromatic N) is 2. The highest BCUT2D eigenvalue weighted by atomic mass is 16.5. The van der Waals surface area contributed by atoms with Crippen LogP contribution in [0.4, 0.5) is 0 Å². The Kier molecular flexibility index (Phi) is 14.2. The minimum atomic E-state index is -0.820. The molecule has 0 saturated carbocycles. The first-order chi connectivity index (χ1) is 15.5. The number of nitrogens with two attached hydrogens (primary N) is 1. The summed E-state index contributed by atoms with van der Waals surface area (Å²) in [6, 6.07) is 16.9. The quantitative estimate of drug-likeness (QED) is 0.247. The van der Waals surface area contributed by atoms with Crippen LogP contribution in [0, 0.1) is 11.5 Å². The number of guanidine groups is 1. The minimum absolute atomic E-state index is 0.313. The molecule has 7 heteroatoms. The molecule has 0 bridgehead atoms. The van der Waals surface area contributed by atoms with Crippen LogP contribution in [0.25, 0.3) is 0 Å². The molecule has 0 radical (unpaired) electrons. The number of nitriles is 1. The zero-order valence-corrected chi connectivity index (χ0v) is 20.4. The van der Waals surface area contributed by atoms with Crippen LogP contribution in [0.5, 0.6) is 5.75 Å². The molecule has 1 aliphatic heterocycles. The van der Waals surface area contributed by atoms with Crippen LogP contribution in [-0.2, 0) is 6.54 Å². The van der Waals surface area contributed by atoms with E-state index in [0.29, 0.717) is 18.3 Å². The number of benzene rings is 2. The van der Waals surface area contributed by atoms with Crippen molar-refractivity contribution in [2.24, 2.45) is 10.7 Å². The number of aliphatic imine (C=N–C) groups is 1. The lowest BCUT2D eigenvalue weighted by molar-refractivity contribution is -0.0611. The van der Waals surface area contributed by atoms with Gasteiger partial charge in [-0.05, 0) is 32.5 Å². The summed E-state index contributed by atoms with van der Waals surface area (Å²) in [4.78, 5) is 4.45. The second kappa shape index (κ2) is 15.7. The molecule has 2 aromatic carbocycles. The molecule has 0 saturated heterocycles. The fourth-order valence-corrected chi connectivity index (χ4v) is 2.98. The highest BCUT2D eigenvalue weighted by Crippen LogP contribution is 2.39. The van der Waals surface area contributed by atoms with Crippen LogP contribution in [0.3, 0.4) is 0 Å². The van der Waals surface area contributed by atoms with Gasteiger partial charge in [0.1, 0.15) is 17.5 Å². The zero-order valence-electron chi connectivity index (χ0n) is 20.4. The van der Waals surface area contributed by atoms with Crippen LogP contribution < -0.4 is 21.1 Å². The molecule has 2 unspecified atom stereocenters. The molecule has 0 spiro atoms. The zero-order chi connectivity index (χ0) is 24.6. The number of nitrogens with one attached hydrogen (secondary N) is 2. The van der Waals surface area contributed by atoms with Crippen molar-refractivity contribution in [2.45, 2.75) is 65.8 Å². The van der Waals surface area contributed by atoms with E-state index >= 15 is 0 Å². The summed E-state index contributed by atoms with van der Waals surface area (Å²) in [7, 11) is 1.50. The van der Waals surface area contributed by atoms with E-state index in [0.717, 1.165) is 11.1 Å². The lowest BCUT2D eigenvalue weighted by Gasteiger charge is -2.42. The molecule has 176 valence electrons. The summed E-state index contributed by atoms with van der Waals surface area (Å²) >= 11 is 0. The highest BCUT2D eigenvalue weighted by Gasteiger charge is 2.43. The predicted octanol–water partition coefficient (Wildman–Crippen LogP) is 4.10. The van der Waals surface area contributed by atoms with Gasteiger partial charge in [-0.15, -0.1) is 0 Å². The van der Waals surface area contributed by atoms with E-state index in [9.17, 15) is 5.11 Å². The van der Waals surface area contributed by atoms with Gasteiger partial charge in [0.15, 0.2) is 6.19 Å². The molecule has 7 nitrogen and oxygen atoms in total.